The van der Waals surface area contributed by atoms with Crippen molar-refractivity contribution in [1.82, 2.24) is 0 Å². The molecular weight excluding hydrogens is 214 g/mol. The average molecular weight is 223 g/mol. The van der Waals surface area contributed by atoms with E-state index in [2.05, 4.69) is 9.73 Å². The number of nitrogens with zero attached hydrogens (tertiary/aromatic N) is 1. The molecule has 1 aromatic carbocycles. The van der Waals surface area contributed by atoms with Crippen LogP contribution in [0, 0.1) is 0 Å². The molecule has 0 atom stereocenters. The second-order valence-electron chi connectivity index (χ2n) is 2.74. The van der Waals surface area contributed by atoms with E-state index in [-0.39, 0.29) is 17.0 Å². The summed E-state index contributed by atoms with van der Waals surface area (Å²) in [6, 6.07) is 2.58. The van der Waals surface area contributed by atoms with Crippen molar-refractivity contribution in [1.29, 1.82) is 0 Å². The zero-order valence-corrected chi connectivity index (χ0v) is 8.68. The normalized spacial score (nSPS) is 9.12. The van der Waals surface area contributed by atoms with Gasteiger partial charge in [0, 0.05) is 6.07 Å². The van der Waals surface area contributed by atoms with Crippen molar-refractivity contribution in [3.05, 3.63) is 17.7 Å². The number of carbonyl (C=O) groups is 1. The Hall–Kier alpha value is -2.33. The highest BCUT2D eigenvalue weighted by molar-refractivity contribution is 5.95. The van der Waals surface area contributed by atoms with Crippen LogP contribution in [-0.2, 0) is 9.53 Å². The van der Waals surface area contributed by atoms with Crippen LogP contribution in [0.15, 0.2) is 17.1 Å². The Balaban J connectivity index is 3.42. The molecule has 0 aliphatic heterocycles. The fraction of sp³-hybridized carbons (Fsp3) is 0.200. The molecule has 0 radical (unpaired) electrons. The quantitative estimate of drug-likeness (QED) is 0.472. The van der Waals surface area contributed by atoms with Crippen LogP contribution >= 0.6 is 0 Å². The fourth-order valence-corrected chi connectivity index (χ4v) is 1.11. The van der Waals surface area contributed by atoms with Crippen molar-refractivity contribution in [2.45, 2.75) is 0 Å². The van der Waals surface area contributed by atoms with Crippen LogP contribution in [0.5, 0.6) is 11.5 Å². The first-order valence-electron chi connectivity index (χ1n) is 4.21. The monoisotopic (exact) mass is 223 g/mol. The molecule has 84 valence electrons. The number of esters is 1. The maximum Gasteiger partial charge on any atom is 0.341 e. The van der Waals surface area contributed by atoms with E-state index < -0.39 is 11.7 Å². The summed E-state index contributed by atoms with van der Waals surface area (Å²) in [7, 11) is 2.55. The van der Waals surface area contributed by atoms with Crippen LogP contribution in [-0.4, -0.2) is 31.4 Å². The molecule has 1 N–H and O–H groups in total. The highest BCUT2D eigenvalue weighted by Gasteiger charge is 2.17. The third-order valence-electron chi connectivity index (χ3n) is 1.87. The summed E-state index contributed by atoms with van der Waals surface area (Å²) < 4.78 is 9.34. The Bertz CT molecular complexity index is 463. The van der Waals surface area contributed by atoms with E-state index in [1.165, 1.54) is 32.4 Å². The van der Waals surface area contributed by atoms with Gasteiger partial charge in [-0.3, -0.25) is 0 Å². The van der Waals surface area contributed by atoms with E-state index in [1.807, 2.05) is 0 Å². The summed E-state index contributed by atoms with van der Waals surface area (Å²) in [5, 5.41) is 9.61. The van der Waals surface area contributed by atoms with E-state index in [9.17, 15) is 14.7 Å². The second kappa shape index (κ2) is 4.95. The minimum atomic E-state index is -0.751. The van der Waals surface area contributed by atoms with Crippen molar-refractivity contribution in [3.8, 4) is 11.5 Å². The van der Waals surface area contributed by atoms with Crippen LogP contribution in [0.25, 0.3) is 0 Å². The first-order valence-corrected chi connectivity index (χ1v) is 4.21. The Kier molecular flexibility index (Phi) is 3.63. The van der Waals surface area contributed by atoms with Gasteiger partial charge in [-0.2, -0.15) is 4.99 Å². The van der Waals surface area contributed by atoms with Gasteiger partial charge in [0.1, 0.15) is 17.0 Å². The van der Waals surface area contributed by atoms with Gasteiger partial charge in [-0.15, -0.1) is 0 Å². The van der Waals surface area contributed by atoms with Crippen molar-refractivity contribution in [2.75, 3.05) is 14.2 Å². The summed E-state index contributed by atoms with van der Waals surface area (Å²) >= 11 is 0. The van der Waals surface area contributed by atoms with E-state index in [0.717, 1.165) is 0 Å². The number of methoxy groups -OCH3 is 2. The molecular formula is C10H9NO5. The number of hydrogen-bond donors (Lipinski definition) is 1. The van der Waals surface area contributed by atoms with Gasteiger partial charge in [0.05, 0.1) is 14.2 Å². The molecule has 16 heavy (non-hydrogen) atoms. The van der Waals surface area contributed by atoms with Crippen LogP contribution in [0.1, 0.15) is 10.4 Å². The third-order valence-corrected chi connectivity index (χ3v) is 1.87. The van der Waals surface area contributed by atoms with Gasteiger partial charge in [0.2, 0.25) is 6.08 Å². The average Bonchev–Trinajstić information content (AvgIpc) is 2.31. The van der Waals surface area contributed by atoms with E-state index in [4.69, 9.17) is 4.74 Å². The first kappa shape index (κ1) is 11.7. The molecule has 0 amide bonds. The van der Waals surface area contributed by atoms with Crippen molar-refractivity contribution in [2.24, 2.45) is 4.99 Å². The van der Waals surface area contributed by atoms with Gasteiger partial charge in [0.25, 0.3) is 0 Å². The maximum absolute atomic E-state index is 11.3. The number of ether oxygens (including phenoxy) is 2. The number of hydrogen-bond acceptors (Lipinski definition) is 6. The smallest absolute Gasteiger partial charge is 0.341 e. The largest absolute Gasteiger partial charge is 0.505 e. The second-order valence-corrected chi connectivity index (χ2v) is 2.74. The molecule has 0 saturated carbocycles. The standard InChI is InChI=1S/C10H9NO5/c1-15-6-3-7(10(14)16-2)9(13)8(4-6)11-5-12/h3-4,13H,1-2H3. The summed E-state index contributed by atoms with van der Waals surface area (Å²) in [4.78, 5) is 24.6. The van der Waals surface area contributed by atoms with Crippen LogP contribution < -0.4 is 4.74 Å². The molecule has 0 saturated heterocycles. The minimum Gasteiger partial charge on any atom is -0.505 e. The summed E-state index contributed by atoms with van der Waals surface area (Å²) in [6.45, 7) is 0. The highest BCUT2D eigenvalue weighted by atomic mass is 16.5. The van der Waals surface area contributed by atoms with Gasteiger partial charge < -0.3 is 14.6 Å². The van der Waals surface area contributed by atoms with Crippen LogP contribution in [0.2, 0.25) is 0 Å². The molecule has 0 unspecified atom stereocenters. The minimum absolute atomic E-state index is 0.102. The lowest BCUT2D eigenvalue weighted by Gasteiger charge is -2.07. The van der Waals surface area contributed by atoms with Crippen molar-refractivity contribution in [3.63, 3.8) is 0 Å². The Morgan fingerprint density at radius 1 is 1.44 bits per heavy atom. The van der Waals surface area contributed by atoms with Gasteiger partial charge in [-0.1, -0.05) is 0 Å². The Morgan fingerprint density at radius 3 is 2.62 bits per heavy atom. The third kappa shape index (κ3) is 2.18. The molecule has 6 nitrogen and oxygen atoms in total. The number of aliphatic imine (C=N–C) groups is 1. The maximum atomic E-state index is 11.3. The molecule has 0 fully saturated rings. The number of aromatic hydroxyl groups is 1. The topological polar surface area (TPSA) is 85.2 Å². The predicted molar refractivity (Wildman–Crippen MR) is 53.8 cm³/mol. The molecule has 0 bridgehead atoms. The number of carbonyl (C=O) groups excluding carboxylic acids is 2. The summed E-state index contributed by atoms with van der Waals surface area (Å²) in [6.07, 6.45) is 1.27. The number of benzene rings is 1. The zero-order valence-electron chi connectivity index (χ0n) is 8.68. The molecule has 0 heterocycles. The van der Waals surface area contributed by atoms with Crippen molar-refractivity contribution < 1.29 is 24.2 Å². The SMILES string of the molecule is COC(=O)c1cc(OC)cc(N=C=O)c1O. The van der Waals surface area contributed by atoms with E-state index >= 15 is 0 Å². The number of phenolic OH excluding ortho intramolecular Hbond substituents is 1. The molecule has 0 aliphatic carbocycles. The molecule has 6 heteroatoms. The lowest BCUT2D eigenvalue weighted by molar-refractivity contribution is 0.0597. The lowest BCUT2D eigenvalue weighted by Crippen LogP contribution is -2.02. The van der Waals surface area contributed by atoms with Crippen molar-refractivity contribution >= 4 is 17.7 Å². The molecule has 1 rings (SSSR count). The zero-order chi connectivity index (χ0) is 12.1. The van der Waals surface area contributed by atoms with Crippen LogP contribution in [0.4, 0.5) is 5.69 Å². The number of phenols is 1. The molecule has 1 aromatic rings. The lowest BCUT2D eigenvalue weighted by atomic mass is 10.1. The number of isocyanates is 1. The Labute approximate surface area is 91.1 Å². The first-order chi connectivity index (χ1) is 7.63. The fourth-order valence-electron chi connectivity index (χ4n) is 1.11. The highest BCUT2D eigenvalue weighted by Crippen LogP contribution is 2.34. The van der Waals surface area contributed by atoms with E-state index in [1.54, 1.807) is 0 Å². The molecule has 0 aliphatic rings. The van der Waals surface area contributed by atoms with E-state index in [0.29, 0.717) is 0 Å². The Morgan fingerprint density at radius 2 is 2.12 bits per heavy atom. The molecule has 0 aromatic heterocycles. The molecule has 0 spiro atoms. The summed E-state index contributed by atoms with van der Waals surface area (Å²) in [5.41, 5.74) is -0.231. The van der Waals surface area contributed by atoms with Crippen LogP contribution in [0.3, 0.4) is 0 Å². The van der Waals surface area contributed by atoms with Gasteiger partial charge >= 0.3 is 5.97 Å². The van der Waals surface area contributed by atoms with Gasteiger partial charge in [-0.05, 0) is 6.07 Å². The summed E-state index contributed by atoms with van der Waals surface area (Å²) in [5.74, 6) is -0.929. The predicted octanol–water partition coefficient (Wildman–Crippen LogP) is 1.15. The van der Waals surface area contributed by atoms with Gasteiger partial charge in [0.15, 0.2) is 5.75 Å². The number of rotatable bonds is 3. The van der Waals surface area contributed by atoms with Gasteiger partial charge in [-0.25, -0.2) is 9.59 Å².